The fraction of sp³-hybridized carbons (Fsp3) is 0. The summed E-state index contributed by atoms with van der Waals surface area (Å²) in [5.41, 5.74) is 3.41. The Hall–Kier alpha value is -3.33. The van der Waals surface area contributed by atoms with Gasteiger partial charge in [0.15, 0.2) is 11.6 Å². The van der Waals surface area contributed by atoms with Gasteiger partial charge < -0.3 is 0 Å². The number of nitrogens with zero attached hydrogens (tertiary/aromatic N) is 1. The molecule has 0 aliphatic heterocycles. The molecule has 3 nitrogen and oxygen atoms in total. The molecule has 0 atom stereocenters. The highest BCUT2D eigenvalue weighted by atomic mass is 16.1. The van der Waals surface area contributed by atoms with Gasteiger partial charge in [-0.2, -0.15) is 0 Å². The van der Waals surface area contributed by atoms with Crippen LogP contribution in [0.1, 0.15) is 37.4 Å². The zero-order valence-corrected chi connectivity index (χ0v) is 12.8. The topological polar surface area (TPSA) is 46.5 Å². The molecule has 3 aromatic rings. The van der Waals surface area contributed by atoms with Crippen LogP contribution in [0.15, 0.2) is 77.8 Å². The second kappa shape index (κ2) is 5.70. The van der Waals surface area contributed by atoms with Crippen LogP contribution in [0.3, 0.4) is 0 Å². The molecule has 114 valence electrons. The lowest BCUT2D eigenvalue weighted by Crippen LogP contribution is -2.20. The smallest absolute Gasteiger partial charge is 0.194 e. The van der Waals surface area contributed by atoms with E-state index in [1.165, 1.54) is 0 Å². The van der Waals surface area contributed by atoms with Gasteiger partial charge >= 0.3 is 0 Å². The maximum absolute atomic E-state index is 12.7. The number of fused-ring (bicyclic) bond motifs is 2. The summed E-state index contributed by atoms with van der Waals surface area (Å²) in [6.45, 7) is 0. The standard InChI is InChI=1S/C21H13NO2/c23-20-16-8-4-5-9-17(16)21(24)19-12-15(10-11-18(19)20)22-13-14-6-2-1-3-7-14/h1-13H. The number of aliphatic imine (C=N–C) groups is 1. The van der Waals surface area contributed by atoms with E-state index in [-0.39, 0.29) is 11.6 Å². The molecular weight excluding hydrogens is 298 g/mol. The number of hydrogen-bond acceptors (Lipinski definition) is 3. The van der Waals surface area contributed by atoms with Crippen LogP contribution in [0.25, 0.3) is 0 Å². The van der Waals surface area contributed by atoms with E-state index in [4.69, 9.17) is 0 Å². The highest BCUT2D eigenvalue weighted by Gasteiger charge is 2.29. The molecule has 0 spiro atoms. The molecule has 0 saturated carbocycles. The second-order valence-electron chi connectivity index (χ2n) is 5.60. The van der Waals surface area contributed by atoms with Crippen molar-refractivity contribution in [3.63, 3.8) is 0 Å². The minimum atomic E-state index is -0.128. The molecule has 0 saturated heterocycles. The summed E-state index contributed by atoms with van der Waals surface area (Å²) >= 11 is 0. The van der Waals surface area contributed by atoms with Crippen molar-refractivity contribution >= 4 is 23.5 Å². The molecule has 1 aliphatic rings. The highest BCUT2D eigenvalue weighted by molar-refractivity contribution is 6.28. The van der Waals surface area contributed by atoms with E-state index in [1.54, 1.807) is 48.7 Å². The van der Waals surface area contributed by atoms with E-state index in [0.29, 0.717) is 27.9 Å². The number of rotatable bonds is 2. The first kappa shape index (κ1) is 14.3. The van der Waals surface area contributed by atoms with Crippen molar-refractivity contribution in [3.8, 4) is 0 Å². The largest absolute Gasteiger partial charge is 0.289 e. The number of benzene rings is 3. The van der Waals surface area contributed by atoms with Gasteiger partial charge in [-0.05, 0) is 23.8 Å². The molecule has 0 heterocycles. The monoisotopic (exact) mass is 311 g/mol. The zero-order chi connectivity index (χ0) is 16.5. The van der Waals surface area contributed by atoms with Crippen molar-refractivity contribution in [1.29, 1.82) is 0 Å². The van der Waals surface area contributed by atoms with Gasteiger partial charge in [-0.1, -0.05) is 54.6 Å². The van der Waals surface area contributed by atoms with E-state index in [2.05, 4.69) is 4.99 Å². The van der Waals surface area contributed by atoms with Crippen LogP contribution in [0, 0.1) is 0 Å². The third-order valence-electron chi connectivity index (χ3n) is 4.07. The molecule has 0 aromatic heterocycles. The number of ketones is 2. The summed E-state index contributed by atoms with van der Waals surface area (Å²) in [5, 5.41) is 0. The molecule has 0 unspecified atom stereocenters. The molecule has 0 bridgehead atoms. The summed E-state index contributed by atoms with van der Waals surface area (Å²) in [4.78, 5) is 29.6. The summed E-state index contributed by atoms with van der Waals surface area (Å²) in [5.74, 6) is -0.240. The van der Waals surface area contributed by atoms with Crippen molar-refractivity contribution < 1.29 is 9.59 Å². The minimum absolute atomic E-state index is 0.112. The van der Waals surface area contributed by atoms with Gasteiger partial charge in [0.1, 0.15) is 0 Å². The Labute approximate surface area is 139 Å². The fourth-order valence-corrected chi connectivity index (χ4v) is 2.86. The van der Waals surface area contributed by atoms with Gasteiger partial charge in [0.05, 0.1) is 5.69 Å². The Morgan fingerprint density at radius 2 is 1.21 bits per heavy atom. The quantitative estimate of drug-likeness (QED) is 0.521. The molecule has 3 heteroatoms. The average Bonchev–Trinajstić information content (AvgIpc) is 2.65. The van der Waals surface area contributed by atoms with Crippen molar-refractivity contribution in [2.24, 2.45) is 4.99 Å². The Bertz CT molecular complexity index is 988. The second-order valence-corrected chi connectivity index (χ2v) is 5.60. The molecule has 0 fully saturated rings. The summed E-state index contributed by atoms with van der Waals surface area (Å²) in [6.07, 6.45) is 1.74. The van der Waals surface area contributed by atoms with E-state index in [9.17, 15) is 9.59 Å². The summed E-state index contributed by atoms with van der Waals surface area (Å²) in [6, 6.07) is 21.8. The Balaban J connectivity index is 1.75. The average molecular weight is 311 g/mol. The Kier molecular flexibility index (Phi) is 3.39. The third kappa shape index (κ3) is 2.36. The molecular formula is C21H13NO2. The minimum Gasteiger partial charge on any atom is -0.289 e. The molecule has 4 rings (SSSR count). The summed E-state index contributed by atoms with van der Waals surface area (Å²) in [7, 11) is 0. The third-order valence-corrected chi connectivity index (χ3v) is 4.07. The van der Waals surface area contributed by atoms with Crippen LogP contribution in [0.4, 0.5) is 5.69 Å². The Morgan fingerprint density at radius 3 is 1.92 bits per heavy atom. The van der Waals surface area contributed by atoms with Crippen LogP contribution >= 0.6 is 0 Å². The number of carbonyl (C=O) groups is 2. The highest BCUT2D eigenvalue weighted by Crippen LogP contribution is 2.29. The normalized spacial score (nSPS) is 13.0. The van der Waals surface area contributed by atoms with E-state index < -0.39 is 0 Å². The van der Waals surface area contributed by atoms with Crippen LogP contribution in [0.2, 0.25) is 0 Å². The lowest BCUT2D eigenvalue weighted by molar-refractivity contribution is 0.0979. The molecule has 0 N–H and O–H groups in total. The maximum atomic E-state index is 12.7. The molecule has 1 aliphatic carbocycles. The first-order chi connectivity index (χ1) is 11.7. The first-order valence-electron chi connectivity index (χ1n) is 7.65. The van der Waals surface area contributed by atoms with Gasteiger partial charge in [-0.3, -0.25) is 14.6 Å². The van der Waals surface area contributed by atoms with Crippen LogP contribution in [-0.4, -0.2) is 17.8 Å². The SMILES string of the molecule is O=C1c2ccccc2C(=O)c2cc(N=Cc3ccccc3)ccc21. The zero-order valence-electron chi connectivity index (χ0n) is 12.8. The summed E-state index contributed by atoms with van der Waals surface area (Å²) < 4.78 is 0. The number of carbonyl (C=O) groups excluding carboxylic acids is 2. The van der Waals surface area contributed by atoms with Gasteiger partial charge in [0.2, 0.25) is 0 Å². The van der Waals surface area contributed by atoms with E-state index >= 15 is 0 Å². The lowest BCUT2D eigenvalue weighted by atomic mass is 9.84. The van der Waals surface area contributed by atoms with Crippen molar-refractivity contribution in [3.05, 3.63) is 101 Å². The van der Waals surface area contributed by atoms with Gasteiger partial charge in [-0.15, -0.1) is 0 Å². The van der Waals surface area contributed by atoms with Crippen molar-refractivity contribution in [2.75, 3.05) is 0 Å². The van der Waals surface area contributed by atoms with Gasteiger partial charge in [0, 0.05) is 28.5 Å². The number of hydrogen-bond donors (Lipinski definition) is 0. The van der Waals surface area contributed by atoms with Crippen LogP contribution < -0.4 is 0 Å². The predicted molar refractivity (Wildman–Crippen MR) is 93.4 cm³/mol. The first-order valence-corrected chi connectivity index (χ1v) is 7.65. The van der Waals surface area contributed by atoms with E-state index in [1.807, 2.05) is 30.3 Å². The van der Waals surface area contributed by atoms with Crippen LogP contribution in [0.5, 0.6) is 0 Å². The van der Waals surface area contributed by atoms with Crippen molar-refractivity contribution in [2.45, 2.75) is 0 Å². The van der Waals surface area contributed by atoms with Gasteiger partial charge in [-0.25, -0.2) is 0 Å². The molecule has 3 aromatic carbocycles. The fourth-order valence-electron chi connectivity index (χ4n) is 2.86. The van der Waals surface area contributed by atoms with Crippen molar-refractivity contribution in [1.82, 2.24) is 0 Å². The van der Waals surface area contributed by atoms with E-state index in [0.717, 1.165) is 5.56 Å². The molecule has 0 amide bonds. The molecule has 24 heavy (non-hydrogen) atoms. The molecule has 0 radical (unpaired) electrons. The lowest BCUT2D eigenvalue weighted by Gasteiger charge is -2.17. The van der Waals surface area contributed by atoms with Crippen LogP contribution in [-0.2, 0) is 0 Å². The predicted octanol–water partition coefficient (Wildman–Crippen LogP) is 4.21. The Morgan fingerprint density at radius 1 is 0.625 bits per heavy atom. The van der Waals surface area contributed by atoms with Gasteiger partial charge in [0.25, 0.3) is 0 Å². The maximum Gasteiger partial charge on any atom is 0.194 e.